The number of ether oxygens (including phenoxy) is 4. The summed E-state index contributed by atoms with van der Waals surface area (Å²) in [6.45, 7) is 2.56. The average Bonchev–Trinajstić information content (AvgIpc) is 3.41. The number of rotatable bonds is 8. The molecule has 12 heteroatoms. The van der Waals surface area contributed by atoms with Crippen LogP contribution in [0.4, 0.5) is 10.1 Å². The first kappa shape index (κ1) is 28.7. The fourth-order valence-electron chi connectivity index (χ4n) is 5.61. The summed E-state index contributed by atoms with van der Waals surface area (Å²) in [7, 11) is 2.08. The average molecular weight is 557 g/mol. The maximum absolute atomic E-state index is 14.5. The van der Waals surface area contributed by atoms with Crippen molar-refractivity contribution in [1.29, 1.82) is 0 Å². The number of para-hydroxylation sites is 1. The number of amides is 1. The monoisotopic (exact) mass is 556 g/mol. The Labute approximate surface area is 229 Å². The normalized spacial score (nSPS) is 22.5. The SMILES string of the molecule is CCOC(=O)C1(C(=O)OCC)N[C@@]2(C(=O)N(Cc3ccc(F)cc3)c3ccccc32)[C@H](C(=O)OC)[C@@H]1C(=O)OC. The summed E-state index contributed by atoms with van der Waals surface area (Å²) >= 11 is 0. The summed E-state index contributed by atoms with van der Waals surface area (Å²) in [4.78, 5) is 70.0. The van der Waals surface area contributed by atoms with Crippen molar-refractivity contribution in [2.24, 2.45) is 11.8 Å². The molecule has 0 saturated carbocycles. The highest BCUT2D eigenvalue weighted by Crippen LogP contribution is 2.56. The van der Waals surface area contributed by atoms with Gasteiger partial charge in [0.2, 0.25) is 5.54 Å². The van der Waals surface area contributed by atoms with Gasteiger partial charge in [0.15, 0.2) is 0 Å². The number of nitrogens with zero attached hydrogens (tertiary/aromatic N) is 1. The lowest BCUT2D eigenvalue weighted by atomic mass is 9.72. The standard InChI is InChI=1S/C28H29FN2O9/c1-5-39-25(35)28(26(36)40-6-2)21(23(33)38-4)20(22(32)37-3)27(30-28)18-9-7-8-10-19(18)31(24(27)34)15-16-11-13-17(29)14-12-16/h7-14,20-21,30H,5-6,15H2,1-4H3/t20-,21+,27+/m0/s1. The predicted octanol–water partition coefficient (Wildman–Crippen LogP) is 1.61. The van der Waals surface area contributed by atoms with Crippen LogP contribution in [0.15, 0.2) is 48.5 Å². The maximum atomic E-state index is 14.5. The number of nitrogens with one attached hydrogen (secondary N) is 1. The first-order valence-electron chi connectivity index (χ1n) is 12.6. The smallest absolute Gasteiger partial charge is 0.339 e. The molecule has 2 aliphatic rings. The predicted molar refractivity (Wildman–Crippen MR) is 136 cm³/mol. The third-order valence-corrected chi connectivity index (χ3v) is 7.22. The number of methoxy groups -OCH3 is 2. The number of anilines is 1. The van der Waals surface area contributed by atoms with Gasteiger partial charge in [0.05, 0.1) is 34.0 Å². The molecule has 0 aromatic heterocycles. The lowest BCUT2D eigenvalue weighted by molar-refractivity contribution is -0.175. The summed E-state index contributed by atoms with van der Waals surface area (Å²) in [5, 5.41) is 2.81. The second kappa shape index (κ2) is 11.0. The van der Waals surface area contributed by atoms with E-state index < -0.39 is 58.5 Å². The van der Waals surface area contributed by atoms with Gasteiger partial charge in [-0.15, -0.1) is 0 Å². The van der Waals surface area contributed by atoms with Crippen LogP contribution < -0.4 is 10.2 Å². The number of esters is 4. The molecule has 2 heterocycles. The number of hydrogen-bond acceptors (Lipinski definition) is 10. The van der Waals surface area contributed by atoms with Gasteiger partial charge in [0.25, 0.3) is 5.91 Å². The Morgan fingerprint density at radius 3 is 1.98 bits per heavy atom. The van der Waals surface area contributed by atoms with Gasteiger partial charge in [-0.05, 0) is 37.6 Å². The largest absolute Gasteiger partial charge is 0.469 e. The van der Waals surface area contributed by atoms with Crippen molar-refractivity contribution in [3.8, 4) is 0 Å². The Hall–Kier alpha value is -4.32. The Morgan fingerprint density at radius 1 is 0.875 bits per heavy atom. The molecule has 0 radical (unpaired) electrons. The molecule has 1 N–H and O–H groups in total. The third kappa shape index (κ3) is 4.19. The summed E-state index contributed by atoms with van der Waals surface area (Å²) in [6.07, 6.45) is 0. The summed E-state index contributed by atoms with van der Waals surface area (Å²) in [5.41, 5.74) is -3.69. The Balaban J connectivity index is 2.01. The molecular formula is C28H29FN2O9. The van der Waals surface area contributed by atoms with Crippen LogP contribution in [-0.2, 0) is 55.0 Å². The Morgan fingerprint density at radius 2 is 1.43 bits per heavy atom. The van der Waals surface area contributed by atoms with Crippen LogP contribution in [0, 0.1) is 17.7 Å². The van der Waals surface area contributed by atoms with E-state index in [1.807, 2.05) is 0 Å². The van der Waals surface area contributed by atoms with E-state index in [9.17, 15) is 28.4 Å². The second-order valence-electron chi connectivity index (χ2n) is 9.22. The molecule has 1 fully saturated rings. The molecule has 4 rings (SSSR count). The minimum atomic E-state index is -2.65. The number of fused-ring (bicyclic) bond motifs is 2. The van der Waals surface area contributed by atoms with E-state index in [0.29, 0.717) is 11.3 Å². The van der Waals surface area contributed by atoms with Gasteiger partial charge < -0.3 is 23.8 Å². The van der Waals surface area contributed by atoms with Gasteiger partial charge in [0, 0.05) is 11.3 Å². The van der Waals surface area contributed by atoms with Crippen molar-refractivity contribution in [2.75, 3.05) is 32.3 Å². The fourth-order valence-corrected chi connectivity index (χ4v) is 5.61. The van der Waals surface area contributed by atoms with Gasteiger partial charge in [0.1, 0.15) is 23.2 Å². The molecule has 3 atom stereocenters. The first-order chi connectivity index (χ1) is 19.1. The quantitative estimate of drug-likeness (QED) is 0.290. The van der Waals surface area contributed by atoms with Crippen molar-refractivity contribution >= 4 is 35.5 Å². The van der Waals surface area contributed by atoms with Crippen LogP contribution in [0.5, 0.6) is 0 Å². The van der Waals surface area contributed by atoms with E-state index in [-0.39, 0.29) is 25.3 Å². The molecule has 0 aliphatic carbocycles. The summed E-state index contributed by atoms with van der Waals surface area (Å²) in [5.74, 6) is -9.53. The molecule has 11 nitrogen and oxygen atoms in total. The molecular weight excluding hydrogens is 527 g/mol. The van der Waals surface area contributed by atoms with E-state index >= 15 is 0 Å². The molecule has 2 aliphatic heterocycles. The van der Waals surface area contributed by atoms with Crippen LogP contribution in [-0.4, -0.2) is 62.8 Å². The highest BCUT2D eigenvalue weighted by Gasteiger charge is 2.78. The van der Waals surface area contributed by atoms with Gasteiger partial charge in [-0.2, -0.15) is 0 Å². The molecule has 40 heavy (non-hydrogen) atoms. The van der Waals surface area contributed by atoms with Gasteiger partial charge in [-0.3, -0.25) is 19.7 Å². The number of benzene rings is 2. The van der Waals surface area contributed by atoms with Crippen LogP contribution in [0.25, 0.3) is 0 Å². The Kier molecular flexibility index (Phi) is 7.92. The lowest BCUT2D eigenvalue weighted by Gasteiger charge is -2.31. The van der Waals surface area contributed by atoms with Crippen molar-refractivity contribution < 1.29 is 47.3 Å². The number of carbonyl (C=O) groups excluding carboxylic acids is 5. The van der Waals surface area contributed by atoms with Crippen LogP contribution in [0.3, 0.4) is 0 Å². The first-order valence-corrected chi connectivity index (χ1v) is 12.6. The highest BCUT2D eigenvalue weighted by atomic mass is 19.1. The molecule has 212 valence electrons. The zero-order chi connectivity index (χ0) is 29.2. The maximum Gasteiger partial charge on any atom is 0.339 e. The Bertz CT molecular complexity index is 1330. The van der Waals surface area contributed by atoms with Crippen molar-refractivity contribution in [3.05, 3.63) is 65.5 Å². The van der Waals surface area contributed by atoms with E-state index in [0.717, 1.165) is 14.2 Å². The third-order valence-electron chi connectivity index (χ3n) is 7.22. The summed E-state index contributed by atoms with van der Waals surface area (Å²) < 4.78 is 34.0. The topological polar surface area (TPSA) is 138 Å². The van der Waals surface area contributed by atoms with E-state index in [1.165, 1.54) is 43.0 Å². The minimum Gasteiger partial charge on any atom is -0.469 e. The molecule has 2 aromatic rings. The van der Waals surface area contributed by atoms with Crippen molar-refractivity contribution in [3.63, 3.8) is 0 Å². The molecule has 0 bridgehead atoms. The van der Waals surface area contributed by atoms with Crippen LogP contribution in [0.1, 0.15) is 25.0 Å². The molecule has 0 unspecified atom stereocenters. The number of carbonyl (C=O) groups is 5. The second-order valence-corrected chi connectivity index (χ2v) is 9.22. The van der Waals surface area contributed by atoms with Crippen molar-refractivity contribution in [2.45, 2.75) is 31.5 Å². The molecule has 1 amide bonds. The fraction of sp³-hybridized carbons (Fsp3) is 0.393. The molecule has 2 aromatic carbocycles. The highest BCUT2D eigenvalue weighted by molar-refractivity contribution is 6.17. The van der Waals surface area contributed by atoms with Crippen LogP contribution in [0.2, 0.25) is 0 Å². The zero-order valence-corrected chi connectivity index (χ0v) is 22.4. The minimum absolute atomic E-state index is 0.0534. The van der Waals surface area contributed by atoms with E-state index in [2.05, 4.69) is 5.32 Å². The number of hydrogen-bond donors (Lipinski definition) is 1. The van der Waals surface area contributed by atoms with Gasteiger partial charge in [-0.25, -0.2) is 14.0 Å². The molecule has 1 spiro atoms. The number of halogens is 1. The molecule has 1 saturated heterocycles. The van der Waals surface area contributed by atoms with Crippen LogP contribution >= 0.6 is 0 Å². The van der Waals surface area contributed by atoms with E-state index in [4.69, 9.17) is 18.9 Å². The van der Waals surface area contributed by atoms with Crippen molar-refractivity contribution in [1.82, 2.24) is 5.32 Å². The lowest BCUT2D eigenvalue weighted by Crippen LogP contribution is -2.65. The van der Waals surface area contributed by atoms with E-state index in [1.54, 1.807) is 24.3 Å². The van der Waals surface area contributed by atoms with Gasteiger partial charge in [-0.1, -0.05) is 30.3 Å². The zero-order valence-electron chi connectivity index (χ0n) is 22.4. The summed E-state index contributed by atoms with van der Waals surface area (Å²) in [6, 6.07) is 11.9. The van der Waals surface area contributed by atoms with Gasteiger partial charge >= 0.3 is 23.9 Å².